The van der Waals surface area contributed by atoms with Crippen molar-refractivity contribution in [2.24, 2.45) is 0 Å². The summed E-state index contributed by atoms with van der Waals surface area (Å²) in [7, 11) is 0. The number of thioether (sulfide) groups is 1. The van der Waals surface area contributed by atoms with Crippen LogP contribution in [0.25, 0.3) is 0 Å². The molecule has 1 amide bonds. The Hall–Kier alpha value is -0.870. The second kappa shape index (κ2) is 6.01. The number of hydrogen-bond donors (Lipinski definition) is 2. The molecule has 0 saturated carbocycles. The van der Waals surface area contributed by atoms with Crippen molar-refractivity contribution in [2.75, 3.05) is 18.5 Å². The molecule has 0 aliphatic heterocycles. The SMILES string of the molecule is CSC(C)CNC(=O)c1cc(Cl)ccc1N. The number of carbonyl (C=O) groups excluding carboxylic acids is 1. The Balaban J connectivity index is 2.69. The van der Waals surface area contributed by atoms with E-state index in [9.17, 15) is 4.79 Å². The average Bonchev–Trinajstić information content (AvgIpc) is 2.28. The zero-order valence-corrected chi connectivity index (χ0v) is 10.9. The molecule has 0 radical (unpaired) electrons. The second-order valence-electron chi connectivity index (χ2n) is 3.49. The molecule has 0 spiro atoms. The van der Waals surface area contributed by atoms with Gasteiger partial charge in [0.15, 0.2) is 0 Å². The summed E-state index contributed by atoms with van der Waals surface area (Å²) in [4.78, 5) is 11.8. The number of nitrogens with two attached hydrogens (primary N) is 1. The molecule has 1 atom stereocenters. The molecule has 3 nitrogen and oxygen atoms in total. The summed E-state index contributed by atoms with van der Waals surface area (Å²) in [6, 6.07) is 4.88. The van der Waals surface area contributed by atoms with E-state index in [-0.39, 0.29) is 5.91 Å². The van der Waals surface area contributed by atoms with Crippen LogP contribution < -0.4 is 11.1 Å². The Morgan fingerprint density at radius 2 is 2.31 bits per heavy atom. The summed E-state index contributed by atoms with van der Waals surface area (Å²) in [5, 5.41) is 3.71. The van der Waals surface area contributed by atoms with E-state index < -0.39 is 0 Å². The van der Waals surface area contributed by atoms with Crippen LogP contribution in [0.3, 0.4) is 0 Å². The van der Waals surface area contributed by atoms with Gasteiger partial charge in [0.05, 0.1) is 5.56 Å². The van der Waals surface area contributed by atoms with Crippen molar-refractivity contribution >= 4 is 35.0 Å². The molecule has 5 heteroatoms. The lowest BCUT2D eigenvalue weighted by atomic mass is 10.1. The van der Waals surface area contributed by atoms with E-state index in [1.165, 1.54) is 0 Å². The molecule has 1 aromatic carbocycles. The number of nitrogens with one attached hydrogen (secondary N) is 1. The van der Waals surface area contributed by atoms with Gasteiger partial charge in [0.1, 0.15) is 0 Å². The molecule has 0 aliphatic carbocycles. The summed E-state index contributed by atoms with van der Waals surface area (Å²) in [5.41, 5.74) is 6.58. The molecule has 1 rings (SSSR count). The van der Waals surface area contributed by atoms with Crippen LogP contribution in [-0.4, -0.2) is 24.0 Å². The Morgan fingerprint density at radius 3 is 2.94 bits per heavy atom. The second-order valence-corrected chi connectivity index (χ2v) is 5.20. The van der Waals surface area contributed by atoms with Gasteiger partial charge in [-0.25, -0.2) is 0 Å². The highest BCUT2D eigenvalue weighted by Crippen LogP contribution is 2.17. The maximum absolute atomic E-state index is 11.8. The molecule has 88 valence electrons. The molecule has 0 fully saturated rings. The first-order valence-corrected chi connectivity index (χ1v) is 6.57. The number of hydrogen-bond acceptors (Lipinski definition) is 3. The third-order valence-corrected chi connectivity index (χ3v) is 3.42. The van der Waals surface area contributed by atoms with Gasteiger partial charge in [-0.1, -0.05) is 18.5 Å². The minimum atomic E-state index is -0.180. The van der Waals surface area contributed by atoms with Gasteiger partial charge in [-0.3, -0.25) is 4.79 Å². The maximum Gasteiger partial charge on any atom is 0.253 e. The zero-order chi connectivity index (χ0) is 12.1. The minimum Gasteiger partial charge on any atom is -0.398 e. The normalized spacial score (nSPS) is 12.2. The number of benzene rings is 1. The van der Waals surface area contributed by atoms with Gasteiger partial charge in [0, 0.05) is 22.5 Å². The molecule has 1 aromatic rings. The van der Waals surface area contributed by atoms with E-state index in [0.29, 0.717) is 28.1 Å². The highest BCUT2D eigenvalue weighted by Gasteiger charge is 2.10. The Morgan fingerprint density at radius 1 is 1.62 bits per heavy atom. The molecular weight excluding hydrogens is 244 g/mol. The van der Waals surface area contributed by atoms with E-state index in [1.54, 1.807) is 30.0 Å². The van der Waals surface area contributed by atoms with E-state index in [0.717, 1.165) is 0 Å². The molecule has 0 heterocycles. The number of rotatable bonds is 4. The number of halogens is 1. The topological polar surface area (TPSA) is 55.1 Å². The number of carbonyl (C=O) groups is 1. The van der Waals surface area contributed by atoms with Gasteiger partial charge in [0.2, 0.25) is 0 Å². The van der Waals surface area contributed by atoms with Gasteiger partial charge in [-0.05, 0) is 24.5 Å². The van der Waals surface area contributed by atoms with Crippen LogP contribution >= 0.6 is 23.4 Å². The van der Waals surface area contributed by atoms with Crippen LogP contribution in [0, 0.1) is 0 Å². The first kappa shape index (κ1) is 13.2. The predicted octanol–water partition coefficient (Wildman–Crippen LogP) is 2.40. The molecule has 0 bridgehead atoms. The average molecular weight is 259 g/mol. The van der Waals surface area contributed by atoms with Gasteiger partial charge in [0.25, 0.3) is 5.91 Å². The van der Waals surface area contributed by atoms with Crippen LogP contribution in [0.2, 0.25) is 5.02 Å². The van der Waals surface area contributed by atoms with Gasteiger partial charge >= 0.3 is 0 Å². The fraction of sp³-hybridized carbons (Fsp3) is 0.364. The molecule has 0 aromatic heterocycles. The van der Waals surface area contributed by atoms with Gasteiger partial charge in [-0.15, -0.1) is 0 Å². The summed E-state index contributed by atoms with van der Waals surface area (Å²) >= 11 is 7.51. The van der Waals surface area contributed by atoms with Crippen molar-refractivity contribution in [3.05, 3.63) is 28.8 Å². The molecule has 1 unspecified atom stereocenters. The highest BCUT2D eigenvalue weighted by molar-refractivity contribution is 7.99. The summed E-state index contributed by atoms with van der Waals surface area (Å²) in [5.74, 6) is -0.180. The maximum atomic E-state index is 11.8. The van der Waals surface area contributed by atoms with Gasteiger partial charge in [-0.2, -0.15) is 11.8 Å². The molecule has 0 aliphatic rings. The van der Waals surface area contributed by atoms with Crippen LogP contribution in [0.4, 0.5) is 5.69 Å². The zero-order valence-electron chi connectivity index (χ0n) is 9.29. The summed E-state index contributed by atoms with van der Waals surface area (Å²) in [6.07, 6.45) is 2.00. The lowest BCUT2D eigenvalue weighted by Crippen LogP contribution is -2.29. The largest absolute Gasteiger partial charge is 0.398 e. The fourth-order valence-electron chi connectivity index (χ4n) is 1.14. The van der Waals surface area contributed by atoms with Crippen LogP contribution in [0.5, 0.6) is 0 Å². The van der Waals surface area contributed by atoms with Crippen molar-refractivity contribution in [1.82, 2.24) is 5.32 Å². The Labute approximate surface area is 105 Å². The Bertz CT molecular complexity index is 384. The fourth-order valence-corrected chi connectivity index (χ4v) is 1.56. The van der Waals surface area contributed by atoms with Crippen molar-refractivity contribution in [3.8, 4) is 0 Å². The number of amides is 1. The first-order chi connectivity index (χ1) is 7.54. The summed E-state index contributed by atoms with van der Waals surface area (Å²) < 4.78 is 0. The van der Waals surface area contributed by atoms with E-state index >= 15 is 0 Å². The van der Waals surface area contributed by atoms with Crippen LogP contribution in [0.1, 0.15) is 17.3 Å². The van der Waals surface area contributed by atoms with Crippen molar-refractivity contribution in [2.45, 2.75) is 12.2 Å². The van der Waals surface area contributed by atoms with Crippen LogP contribution in [0.15, 0.2) is 18.2 Å². The molecule has 16 heavy (non-hydrogen) atoms. The van der Waals surface area contributed by atoms with Gasteiger partial charge < -0.3 is 11.1 Å². The lowest BCUT2D eigenvalue weighted by molar-refractivity contribution is 0.0955. The van der Waals surface area contributed by atoms with Crippen molar-refractivity contribution < 1.29 is 4.79 Å². The smallest absolute Gasteiger partial charge is 0.253 e. The van der Waals surface area contributed by atoms with Crippen molar-refractivity contribution in [3.63, 3.8) is 0 Å². The molecular formula is C11H15ClN2OS. The molecule has 0 saturated heterocycles. The third kappa shape index (κ3) is 3.61. The van der Waals surface area contributed by atoms with E-state index in [1.807, 2.05) is 13.2 Å². The quantitative estimate of drug-likeness (QED) is 0.816. The predicted molar refractivity (Wildman–Crippen MR) is 71.2 cm³/mol. The van der Waals surface area contributed by atoms with Crippen molar-refractivity contribution in [1.29, 1.82) is 0 Å². The third-order valence-electron chi connectivity index (χ3n) is 2.21. The van der Waals surface area contributed by atoms with Crippen LogP contribution in [-0.2, 0) is 0 Å². The highest BCUT2D eigenvalue weighted by atomic mass is 35.5. The minimum absolute atomic E-state index is 0.180. The first-order valence-electron chi connectivity index (χ1n) is 4.90. The molecule has 3 N–H and O–H groups in total. The lowest BCUT2D eigenvalue weighted by Gasteiger charge is -2.11. The monoisotopic (exact) mass is 258 g/mol. The Kier molecular flexibility index (Phi) is 4.96. The van der Waals surface area contributed by atoms with E-state index in [4.69, 9.17) is 17.3 Å². The number of nitrogen functional groups attached to an aromatic ring is 1. The standard InChI is InChI=1S/C11H15ClN2OS/c1-7(16-2)6-14-11(15)9-5-8(12)3-4-10(9)13/h3-5,7H,6,13H2,1-2H3,(H,14,15). The van der Waals surface area contributed by atoms with E-state index in [2.05, 4.69) is 5.32 Å². The number of anilines is 1. The summed E-state index contributed by atoms with van der Waals surface area (Å²) in [6.45, 7) is 2.66.